The van der Waals surface area contributed by atoms with Gasteiger partial charge in [-0.05, 0) is 19.1 Å². The fraction of sp³-hybridized carbons (Fsp3) is 0.273. The molecular formula is C11H13NO6S. The minimum atomic E-state index is -4.38. The van der Waals surface area contributed by atoms with Crippen molar-refractivity contribution in [3.05, 3.63) is 18.2 Å². The number of Topliss-reactive ketones (excluding diaryl/α,β-unsaturated/α-hetero) is 1. The van der Waals surface area contributed by atoms with Crippen molar-refractivity contribution >= 4 is 27.6 Å². The van der Waals surface area contributed by atoms with Crippen molar-refractivity contribution in [2.75, 3.05) is 12.8 Å². The van der Waals surface area contributed by atoms with Crippen LogP contribution >= 0.6 is 0 Å². The lowest BCUT2D eigenvalue weighted by atomic mass is 10.3. The quantitative estimate of drug-likeness (QED) is 0.476. The molecule has 1 rings (SSSR count). The molecule has 0 bridgehead atoms. The third-order valence-corrected chi connectivity index (χ3v) is 3.34. The van der Waals surface area contributed by atoms with Gasteiger partial charge in [-0.15, -0.1) is 0 Å². The Morgan fingerprint density at radius 2 is 1.95 bits per heavy atom. The number of nitrogen functional groups attached to an aromatic ring is 1. The molecular weight excluding hydrogens is 274 g/mol. The summed E-state index contributed by atoms with van der Waals surface area (Å²) in [6, 6.07) is 4.00. The van der Waals surface area contributed by atoms with Gasteiger partial charge in [-0.2, -0.15) is 8.42 Å². The number of carbonyl (C=O) groups is 2. The van der Waals surface area contributed by atoms with Crippen LogP contribution < -0.4 is 10.5 Å². The van der Waals surface area contributed by atoms with Crippen LogP contribution in [0.2, 0.25) is 0 Å². The van der Waals surface area contributed by atoms with E-state index < -0.39 is 28.3 Å². The number of nitrogens with two attached hydrogens (primary N) is 1. The molecule has 0 amide bonds. The number of carbonyl (C=O) groups excluding carboxylic acids is 2. The lowest BCUT2D eigenvalue weighted by Crippen LogP contribution is -2.16. The molecule has 1 aromatic carbocycles. The molecule has 0 aliphatic rings. The van der Waals surface area contributed by atoms with E-state index in [0.29, 0.717) is 0 Å². The van der Waals surface area contributed by atoms with Gasteiger partial charge in [-0.1, -0.05) is 6.07 Å². The van der Waals surface area contributed by atoms with Gasteiger partial charge in [0.2, 0.25) is 0 Å². The summed E-state index contributed by atoms with van der Waals surface area (Å²) in [6.07, 6.45) is -0.621. The molecule has 2 N–H and O–H groups in total. The molecule has 0 heterocycles. The molecule has 104 valence electrons. The minimum Gasteiger partial charge on any atom is -0.493 e. The number of anilines is 1. The lowest BCUT2D eigenvalue weighted by Gasteiger charge is -2.11. The third-order valence-electron chi connectivity index (χ3n) is 2.08. The van der Waals surface area contributed by atoms with Crippen molar-refractivity contribution in [2.45, 2.75) is 18.2 Å². The van der Waals surface area contributed by atoms with Gasteiger partial charge < -0.3 is 14.7 Å². The summed E-state index contributed by atoms with van der Waals surface area (Å²) in [6.45, 7) is 1.15. The van der Waals surface area contributed by atoms with E-state index in [9.17, 15) is 18.0 Å². The van der Waals surface area contributed by atoms with Gasteiger partial charge in [0, 0.05) is 0 Å². The zero-order chi connectivity index (χ0) is 14.6. The number of hydrogen-bond donors (Lipinski definition) is 1. The predicted molar refractivity (Wildman–Crippen MR) is 66.0 cm³/mol. The number of benzene rings is 1. The van der Waals surface area contributed by atoms with Crippen LogP contribution in [0.15, 0.2) is 23.1 Å². The van der Waals surface area contributed by atoms with Crippen molar-refractivity contribution in [3.8, 4) is 5.75 Å². The van der Waals surface area contributed by atoms with Crippen molar-refractivity contribution in [2.24, 2.45) is 0 Å². The molecule has 19 heavy (non-hydrogen) atoms. The van der Waals surface area contributed by atoms with Crippen LogP contribution in [-0.2, 0) is 23.9 Å². The number of methoxy groups -OCH3 is 1. The first-order valence-corrected chi connectivity index (χ1v) is 6.58. The van der Waals surface area contributed by atoms with Gasteiger partial charge in [-0.3, -0.25) is 9.59 Å². The summed E-state index contributed by atoms with van der Waals surface area (Å²) < 4.78 is 32.9. The van der Waals surface area contributed by atoms with Gasteiger partial charge in [-0.25, -0.2) is 0 Å². The fourth-order valence-electron chi connectivity index (χ4n) is 1.35. The van der Waals surface area contributed by atoms with E-state index in [4.69, 9.17) is 10.5 Å². The summed E-state index contributed by atoms with van der Waals surface area (Å²) in [5.41, 5.74) is 5.65. The van der Waals surface area contributed by atoms with Crippen LogP contribution in [0.5, 0.6) is 5.75 Å². The Balaban J connectivity index is 3.11. The molecule has 0 spiro atoms. The maximum absolute atomic E-state index is 11.9. The normalized spacial score (nSPS) is 10.8. The molecule has 0 radical (unpaired) electrons. The van der Waals surface area contributed by atoms with Gasteiger partial charge in [0.25, 0.3) is 0 Å². The predicted octanol–water partition coefficient (Wildman–Crippen LogP) is 0.488. The Kier molecular flexibility index (Phi) is 4.49. The van der Waals surface area contributed by atoms with E-state index in [1.807, 2.05) is 0 Å². The van der Waals surface area contributed by atoms with Gasteiger partial charge in [0.05, 0.1) is 12.8 Å². The van der Waals surface area contributed by atoms with Crippen LogP contribution in [0.1, 0.15) is 13.3 Å². The van der Waals surface area contributed by atoms with Gasteiger partial charge >= 0.3 is 16.1 Å². The van der Waals surface area contributed by atoms with Crippen LogP contribution in [0.25, 0.3) is 0 Å². The van der Waals surface area contributed by atoms with E-state index >= 15 is 0 Å². The highest BCUT2D eigenvalue weighted by Gasteiger charge is 2.26. The van der Waals surface area contributed by atoms with E-state index in [1.165, 1.54) is 25.3 Å². The monoisotopic (exact) mass is 287 g/mol. The Morgan fingerprint density at radius 3 is 2.47 bits per heavy atom. The summed E-state index contributed by atoms with van der Waals surface area (Å²) in [7, 11) is -3.14. The van der Waals surface area contributed by atoms with Crippen LogP contribution in [0, 0.1) is 0 Å². The largest absolute Gasteiger partial charge is 0.493 e. The molecule has 0 aliphatic carbocycles. The first-order valence-electron chi connectivity index (χ1n) is 5.17. The smallest absolute Gasteiger partial charge is 0.345 e. The van der Waals surface area contributed by atoms with Crippen molar-refractivity contribution < 1.29 is 26.9 Å². The first-order chi connectivity index (χ1) is 8.77. The Morgan fingerprint density at radius 1 is 1.32 bits per heavy atom. The van der Waals surface area contributed by atoms with E-state index in [-0.39, 0.29) is 16.3 Å². The second-order valence-corrected chi connectivity index (χ2v) is 5.18. The summed E-state index contributed by atoms with van der Waals surface area (Å²) in [4.78, 5) is 21.6. The van der Waals surface area contributed by atoms with Crippen molar-refractivity contribution in [1.29, 1.82) is 0 Å². The van der Waals surface area contributed by atoms with E-state index in [2.05, 4.69) is 4.18 Å². The van der Waals surface area contributed by atoms with Crippen LogP contribution in [0.4, 0.5) is 5.69 Å². The average Bonchev–Trinajstić information content (AvgIpc) is 2.26. The zero-order valence-corrected chi connectivity index (χ0v) is 11.2. The van der Waals surface area contributed by atoms with Crippen LogP contribution in [-0.4, -0.2) is 27.3 Å². The molecule has 0 aliphatic heterocycles. The minimum absolute atomic E-state index is 0.0891. The maximum Gasteiger partial charge on any atom is 0.345 e. The first kappa shape index (κ1) is 15.0. The SMILES string of the molecule is COc1c(N)cccc1S(=O)(=O)OC(=O)CC(C)=O. The van der Waals surface area contributed by atoms with Crippen molar-refractivity contribution in [3.63, 3.8) is 0 Å². The Hall–Kier alpha value is -2.09. The molecule has 0 aromatic heterocycles. The second kappa shape index (κ2) is 5.70. The Labute approximate surface area is 110 Å². The van der Waals surface area contributed by atoms with E-state index in [0.717, 1.165) is 6.92 Å². The third kappa shape index (κ3) is 3.68. The number of ketones is 1. The van der Waals surface area contributed by atoms with Crippen molar-refractivity contribution in [1.82, 2.24) is 0 Å². The molecule has 1 aromatic rings. The number of rotatable bonds is 5. The highest BCUT2D eigenvalue weighted by atomic mass is 32.2. The molecule has 7 nitrogen and oxygen atoms in total. The molecule has 0 saturated heterocycles. The molecule has 8 heteroatoms. The molecule has 0 unspecified atom stereocenters. The van der Waals surface area contributed by atoms with Crippen LogP contribution in [0.3, 0.4) is 0 Å². The molecule has 0 atom stereocenters. The summed E-state index contributed by atoms with van der Waals surface area (Å²) >= 11 is 0. The lowest BCUT2D eigenvalue weighted by molar-refractivity contribution is -0.136. The Bertz CT molecular complexity index is 608. The highest BCUT2D eigenvalue weighted by Crippen LogP contribution is 2.31. The zero-order valence-electron chi connectivity index (χ0n) is 10.4. The number of ether oxygens (including phenoxy) is 1. The number of hydrogen-bond acceptors (Lipinski definition) is 7. The second-order valence-electron chi connectivity index (χ2n) is 3.67. The topological polar surface area (TPSA) is 113 Å². The molecule has 0 fully saturated rings. The van der Waals surface area contributed by atoms with E-state index in [1.54, 1.807) is 0 Å². The summed E-state index contributed by atoms with van der Waals surface area (Å²) in [5, 5.41) is 0. The average molecular weight is 287 g/mol. The highest BCUT2D eigenvalue weighted by molar-refractivity contribution is 7.87. The molecule has 0 saturated carbocycles. The fourth-order valence-corrected chi connectivity index (χ4v) is 2.42. The summed E-state index contributed by atoms with van der Waals surface area (Å²) in [5.74, 6) is -1.77. The standard InChI is InChI=1S/C11H13NO6S/c1-7(13)6-10(14)18-19(15,16)9-5-3-4-8(12)11(9)17-2/h3-5H,6,12H2,1-2H3. The number of para-hydroxylation sites is 1. The van der Waals surface area contributed by atoms with Gasteiger partial charge in [0.15, 0.2) is 5.75 Å². The van der Waals surface area contributed by atoms with Gasteiger partial charge in [0.1, 0.15) is 17.1 Å². The maximum atomic E-state index is 11.9.